The first-order chi connectivity index (χ1) is 9.97. The van der Waals surface area contributed by atoms with E-state index in [-0.39, 0.29) is 12.7 Å². The number of hydrogen-bond donors (Lipinski definition) is 2. The minimum absolute atomic E-state index is 0.00216. The van der Waals surface area contributed by atoms with Crippen LogP contribution in [0.1, 0.15) is 47.0 Å². The van der Waals surface area contributed by atoms with Crippen molar-refractivity contribution in [2.75, 3.05) is 32.8 Å². The van der Waals surface area contributed by atoms with Crippen LogP contribution in [0.5, 0.6) is 0 Å². The lowest BCUT2D eigenvalue weighted by Gasteiger charge is -2.41. The van der Waals surface area contributed by atoms with E-state index in [1.807, 2.05) is 0 Å². The molecule has 4 unspecified atom stereocenters. The maximum atomic E-state index is 9.34. The Morgan fingerprint density at radius 2 is 2.14 bits per heavy atom. The summed E-state index contributed by atoms with van der Waals surface area (Å²) in [6, 6.07) is 1.07. The molecule has 2 rings (SSSR count). The molecule has 1 saturated heterocycles. The molecule has 4 atom stereocenters. The van der Waals surface area contributed by atoms with E-state index in [0.29, 0.717) is 23.4 Å². The van der Waals surface area contributed by atoms with E-state index in [1.54, 1.807) is 0 Å². The Morgan fingerprint density at radius 3 is 2.81 bits per heavy atom. The molecule has 0 aromatic rings. The van der Waals surface area contributed by atoms with E-state index in [1.165, 1.54) is 19.3 Å². The van der Waals surface area contributed by atoms with E-state index < -0.39 is 0 Å². The summed E-state index contributed by atoms with van der Waals surface area (Å²) in [6.45, 7) is 13.3. The number of rotatable bonds is 6. The van der Waals surface area contributed by atoms with Crippen LogP contribution < -0.4 is 5.32 Å². The van der Waals surface area contributed by atoms with Gasteiger partial charge in [-0.05, 0) is 44.1 Å². The van der Waals surface area contributed by atoms with Gasteiger partial charge in [-0.3, -0.25) is 4.90 Å². The summed E-state index contributed by atoms with van der Waals surface area (Å²) in [7, 11) is 0. The molecule has 0 spiro atoms. The smallest absolute Gasteiger partial charge is 0.0933 e. The van der Waals surface area contributed by atoms with Gasteiger partial charge in [0.05, 0.1) is 19.3 Å². The quantitative estimate of drug-likeness (QED) is 0.786. The molecule has 4 nitrogen and oxygen atoms in total. The molecule has 2 aliphatic rings. The number of nitrogens with one attached hydrogen (secondary N) is 1. The maximum Gasteiger partial charge on any atom is 0.0933 e. The average Bonchev–Trinajstić information content (AvgIpc) is 2.74. The first kappa shape index (κ1) is 17.2. The highest BCUT2D eigenvalue weighted by molar-refractivity contribution is 4.98. The SMILES string of the molecule is CCCNC1C(CN2CC(CO)OCC2C)CCC1(C)C. The van der Waals surface area contributed by atoms with Gasteiger partial charge in [-0.2, -0.15) is 0 Å². The van der Waals surface area contributed by atoms with Crippen LogP contribution in [0, 0.1) is 11.3 Å². The Labute approximate surface area is 130 Å². The molecule has 0 radical (unpaired) electrons. The van der Waals surface area contributed by atoms with Gasteiger partial charge < -0.3 is 15.2 Å². The number of hydrogen-bond acceptors (Lipinski definition) is 4. The van der Waals surface area contributed by atoms with Crippen LogP contribution in [-0.2, 0) is 4.74 Å². The van der Waals surface area contributed by atoms with Crippen LogP contribution in [0.4, 0.5) is 0 Å². The van der Waals surface area contributed by atoms with E-state index in [2.05, 4.69) is 37.9 Å². The Hall–Kier alpha value is -0.160. The van der Waals surface area contributed by atoms with Crippen molar-refractivity contribution < 1.29 is 9.84 Å². The lowest BCUT2D eigenvalue weighted by atomic mass is 9.84. The van der Waals surface area contributed by atoms with Crippen molar-refractivity contribution in [3.8, 4) is 0 Å². The number of morpholine rings is 1. The van der Waals surface area contributed by atoms with E-state index in [4.69, 9.17) is 4.74 Å². The number of aliphatic hydroxyl groups is 1. The number of ether oxygens (including phenoxy) is 1. The molecule has 124 valence electrons. The number of aliphatic hydroxyl groups excluding tert-OH is 1. The minimum atomic E-state index is -0.00216. The molecule has 2 fully saturated rings. The van der Waals surface area contributed by atoms with Gasteiger partial charge in [0.15, 0.2) is 0 Å². The zero-order valence-electron chi connectivity index (χ0n) is 14.3. The highest BCUT2D eigenvalue weighted by atomic mass is 16.5. The second-order valence-corrected chi connectivity index (χ2v) is 7.66. The molecule has 0 aromatic carbocycles. The van der Waals surface area contributed by atoms with Crippen molar-refractivity contribution >= 4 is 0 Å². The summed E-state index contributed by atoms with van der Waals surface area (Å²) in [5.74, 6) is 0.714. The molecule has 1 heterocycles. The molecule has 1 aliphatic heterocycles. The molecular formula is C17H34N2O2. The van der Waals surface area contributed by atoms with Gasteiger partial charge in [-0.15, -0.1) is 0 Å². The van der Waals surface area contributed by atoms with Gasteiger partial charge in [0.25, 0.3) is 0 Å². The second kappa shape index (κ2) is 7.40. The fraction of sp³-hybridized carbons (Fsp3) is 1.00. The predicted octanol–water partition coefficient (Wildman–Crippen LogP) is 1.87. The molecule has 1 saturated carbocycles. The first-order valence-corrected chi connectivity index (χ1v) is 8.67. The summed E-state index contributed by atoms with van der Waals surface area (Å²) in [4.78, 5) is 2.52. The van der Waals surface area contributed by atoms with Crippen LogP contribution in [0.2, 0.25) is 0 Å². The summed E-state index contributed by atoms with van der Waals surface area (Å²) >= 11 is 0. The van der Waals surface area contributed by atoms with Gasteiger partial charge in [0.1, 0.15) is 0 Å². The van der Waals surface area contributed by atoms with Gasteiger partial charge in [0.2, 0.25) is 0 Å². The van der Waals surface area contributed by atoms with Gasteiger partial charge in [-0.1, -0.05) is 20.8 Å². The summed E-state index contributed by atoms with van der Waals surface area (Å²) < 4.78 is 5.66. The van der Waals surface area contributed by atoms with Gasteiger partial charge >= 0.3 is 0 Å². The van der Waals surface area contributed by atoms with Crippen molar-refractivity contribution in [1.29, 1.82) is 0 Å². The zero-order valence-corrected chi connectivity index (χ0v) is 14.3. The first-order valence-electron chi connectivity index (χ1n) is 8.67. The second-order valence-electron chi connectivity index (χ2n) is 7.66. The van der Waals surface area contributed by atoms with Crippen LogP contribution in [-0.4, -0.2) is 61.0 Å². The van der Waals surface area contributed by atoms with Crippen LogP contribution in [0.25, 0.3) is 0 Å². The van der Waals surface area contributed by atoms with Crippen molar-refractivity contribution in [3.05, 3.63) is 0 Å². The Bertz CT molecular complexity index is 322. The molecule has 2 N–H and O–H groups in total. The Morgan fingerprint density at radius 1 is 1.38 bits per heavy atom. The standard InChI is InChI=1S/C17H34N2O2/c1-5-8-18-16-14(6-7-17(16,3)4)9-19-10-15(11-20)21-12-13(19)2/h13-16,18,20H,5-12H2,1-4H3. The lowest BCUT2D eigenvalue weighted by molar-refractivity contribution is -0.0824. The Balaban J connectivity index is 1.96. The molecule has 4 heteroatoms. The summed E-state index contributed by atoms with van der Waals surface area (Å²) in [5, 5.41) is 13.1. The third-order valence-corrected chi connectivity index (χ3v) is 5.39. The monoisotopic (exact) mass is 298 g/mol. The average molecular weight is 298 g/mol. The third kappa shape index (κ3) is 4.19. The molecule has 0 aromatic heterocycles. The lowest BCUT2D eigenvalue weighted by Crippen LogP contribution is -2.53. The van der Waals surface area contributed by atoms with Crippen molar-refractivity contribution in [2.45, 2.75) is 65.1 Å². The summed E-state index contributed by atoms with van der Waals surface area (Å²) in [6.07, 6.45) is 3.81. The van der Waals surface area contributed by atoms with Crippen molar-refractivity contribution in [2.24, 2.45) is 11.3 Å². The molecule has 1 aliphatic carbocycles. The molecule has 21 heavy (non-hydrogen) atoms. The third-order valence-electron chi connectivity index (χ3n) is 5.39. The van der Waals surface area contributed by atoms with E-state index in [0.717, 1.165) is 26.2 Å². The van der Waals surface area contributed by atoms with E-state index >= 15 is 0 Å². The fourth-order valence-corrected chi connectivity index (χ4v) is 4.00. The largest absolute Gasteiger partial charge is 0.394 e. The van der Waals surface area contributed by atoms with Gasteiger partial charge in [0, 0.05) is 25.2 Å². The molecule has 0 amide bonds. The highest BCUT2D eigenvalue weighted by Gasteiger charge is 2.42. The Kier molecular flexibility index (Phi) is 6.06. The zero-order chi connectivity index (χ0) is 15.5. The summed E-state index contributed by atoms with van der Waals surface area (Å²) in [5.41, 5.74) is 0.395. The molecular weight excluding hydrogens is 264 g/mol. The van der Waals surface area contributed by atoms with Crippen LogP contribution in [0.3, 0.4) is 0 Å². The minimum Gasteiger partial charge on any atom is -0.394 e. The van der Waals surface area contributed by atoms with Crippen molar-refractivity contribution in [3.63, 3.8) is 0 Å². The normalized spacial score (nSPS) is 37.0. The topological polar surface area (TPSA) is 44.7 Å². The van der Waals surface area contributed by atoms with E-state index in [9.17, 15) is 5.11 Å². The molecule has 0 bridgehead atoms. The van der Waals surface area contributed by atoms with Crippen molar-refractivity contribution in [1.82, 2.24) is 10.2 Å². The van der Waals surface area contributed by atoms with Gasteiger partial charge in [-0.25, -0.2) is 0 Å². The maximum absolute atomic E-state index is 9.34. The number of nitrogens with zero attached hydrogens (tertiary/aromatic N) is 1. The fourth-order valence-electron chi connectivity index (χ4n) is 4.00. The van der Waals surface area contributed by atoms with Crippen LogP contribution >= 0.6 is 0 Å². The predicted molar refractivity (Wildman–Crippen MR) is 86.4 cm³/mol. The highest BCUT2D eigenvalue weighted by Crippen LogP contribution is 2.42. The van der Waals surface area contributed by atoms with Crippen LogP contribution in [0.15, 0.2) is 0 Å².